The van der Waals surface area contributed by atoms with Gasteiger partial charge < -0.3 is 9.84 Å². The average Bonchev–Trinajstić information content (AvgIpc) is 2.96. The SMILES string of the molecule is COc1nc2n(n1)C(c1ccc(C#N)cc1)C(C(=O)O)C(C)=N2. The largest absolute Gasteiger partial charge is 0.481 e. The topological polar surface area (TPSA) is 113 Å². The van der Waals surface area contributed by atoms with Crippen molar-refractivity contribution >= 4 is 17.6 Å². The molecule has 0 bridgehead atoms. The van der Waals surface area contributed by atoms with Crippen molar-refractivity contribution in [1.82, 2.24) is 14.8 Å². The number of hydrogen-bond acceptors (Lipinski definition) is 6. The Bertz CT molecular complexity index is 832. The van der Waals surface area contributed by atoms with Crippen molar-refractivity contribution in [2.75, 3.05) is 7.11 Å². The molecule has 0 spiro atoms. The highest BCUT2D eigenvalue weighted by molar-refractivity contribution is 6.02. The highest BCUT2D eigenvalue weighted by Crippen LogP contribution is 2.36. The molecule has 1 aliphatic rings. The Hall–Kier alpha value is -3.21. The van der Waals surface area contributed by atoms with Gasteiger partial charge in [0.2, 0.25) is 0 Å². The molecule has 1 N–H and O–H groups in total. The molecule has 1 aromatic heterocycles. The van der Waals surface area contributed by atoms with E-state index in [4.69, 9.17) is 10.00 Å². The monoisotopic (exact) mass is 311 g/mol. The average molecular weight is 311 g/mol. The van der Waals surface area contributed by atoms with Gasteiger partial charge in [-0.3, -0.25) is 4.79 Å². The molecule has 0 saturated carbocycles. The number of methoxy groups -OCH3 is 1. The lowest BCUT2D eigenvalue weighted by Crippen LogP contribution is -2.35. The van der Waals surface area contributed by atoms with Crippen LogP contribution in [0.25, 0.3) is 0 Å². The molecule has 0 saturated heterocycles. The first-order valence-corrected chi connectivity index (χ1v) is 6.83. The molecule has 8 nitrogen and oxygen atoms in total. The fourth-order valence-corrected chi connectivity index (χ4v) is 2.64. The molecular weight excluding hydrogens is 298 g/mol. The normalized spacial score (nSPS) is 19.4. The van der Waals surface area contributed by atoms with E-state index in [1.165, 1.54) is 11.8 Å². The van der Waals surface area contributed by atoms with Gasteiger partial charge in [0.1, 0.15) is 5.92 Å². The quantitative estimate of drug-likeness (QED) is 0.920. The number of hydrogen-bond donors (Lipinski definition) is 1. The van der Waals surface area contributed by atoms with E-state index in [1.54, 1.807) is 31.2 Å². The molecule has 8 heteroatoms. The summed E-state index contributed by atoms with van der Waals surface area (Å²) in [6, 6.07) is 8.28. The molecule has 0 radical (unpaired) electrons. The number of aliphatic carboxylic acids is 1. The molecule has 0 amide bonds. The van der Waals surface area contributed by atoms with Crippen molar-refractivity contribution in [2.45, 2.75) is 13.0 Å². The van der Waals surface area contributed by atoms with Crippen LogP contribution >= 0.6 is 0 Å². The van der Waals surface area contributed by atoms with Crippen LogP contribution in [-0.4, -0.2) is 38.7 Å². The van der Waals surface area contributed by atoms with Gasteiger partial charge in [0.25, 0.3) is 5.95 Å². The van der Waals surface area contributed by atoms with E-state index >= 15 is 0 Å². The van der Waals surface area contributed by atoms with Crippen molar-refractivity contribution in [3.63, 3.8) is 0 Å². The minimum Gasteiger partial charge on any atom is -0.481 e. The molecule has 2 atom stereocenters. The second kappa shape index (κ2) is 5.53. The number of carbonyl (C=O) groups is 1. The first kappa shape index (κ1) is 14.7. The number of rotatable bonds is 3. The van der Waals surface area contributed by atoms with Crippen molar-refractivity contribution in [3.8, 4) is 12.1 Å². The van der Waals surface area contributed by atoms with E-state index in [0.29, 0.717) is 22.8 Å². The Morgan fingerprint density at radius 1 is 1.39 bits per heavy atom. The second-order valence-electron chi connectivity index (χ2n) is 5.09. The van der Waals surface area contributed by atoms with Crippen LogP contribution in [0.2, 0.25) is 0 Å². The van der Waals surface area contributed by atoms with Crippen molar-refractivity contribution in [3.05, 3.63) is 35.4 Å². The first-order chi connectivity index (χ1) is 11.0. The second-order valence-corrected chi connectivity index (χ2v) is 5.09. The number of nitrogens with zero attached hydrogens (tertiary/aromatic N) is 5. The van der Waals surface area contributed by atoms with Gasteiger partial charge in [-0.15, -0.1) is 5.10 Å². The fourth-order valence-electron chi connectivity index (χ4n) is 2.64. The molecule has 1 aliphatic heterocycles. The minimum absolute atomic E-state index is 0.126. The van der Waals surface area contributed by atoms with E-state index in [-0.39, 0.29) is 6.01 Å². The maximum atomic E-state index is 11.7. The third-order valence-corrected chi connectivity index (χ3v) is 3.73. The Labute approximate surface area is 131 Å². The summed E-state index contributed by atoms with van der Waals surface area (Å²) < 4.78 is 6.47. The number of fused-ring (bicyclic) bond motifs is 1. The minimum atomic E-state index is -0.999. The van der Waals surface area contributed by atoms with Crippen LogP contribution in [0.5, 0.6) is 6.01 Å². The predicted molar refractivity (Wildman–Crippen MR) is 79.8 cm³/mol. The molecule has 0 aliphatic carbocycles. The summed E-state index contributed by atoms with van der Waals surface area (Å²) in [5.74, 6) is -1.58. The molecule has 2 aromatic rings. The summed E-state index contributed by atoms with van der Waals surface area (Å²) in [6.07, 6.45) is 0. The van der Waals surface area contributed by atoms with E-state index in [2.05, 4.69) is 15.1 Å². The van der Waals surface area contributed by atoms with Crippen LogP contribution in [-0.2, 0) is 4.79 Å². The zero-order chi connectivity index (χ0) is 16.6. The summed E-state index contributed by atoms with van der Waals surface area (Å²) >= 11 is 0. The summed E-state index contributed by atoms with van der Waals surface area (Å²) in [5.41, 5.74) is 1.65. The maximum Gasteiger partial charge on any atom is 0.337 e. The molecule has 0 fully saturated rings. The van der Waals surface area contributed by atoms with Gasteiger partial charge in [-0.25, -0.2) is 9.67 Å². The van der Waals surface area contributed by atoms with E-state index < -0.39 is 17.9 Å². The van der Waals surface area contributed by atoms with Gasteiger partial charge in [-0.2, -0.15) is 10.2 Å². The summed E-state index contributed by atoms with van der Waals surface area (Å²) in [4.78, 5) is 20.1. The zero-order valence-electron chi connectivity index (χ0n) is 12.5. The first-order valence-electron chi connectivity index (χ1n) is 6.83. The van der Waals surface area contributed by atoms with E-state index in [0.717, 1.165) is 0 Å². The Balaban J connectivity index is 2.16. The zero-order valence-corrected chi connectivity index (χ0v) is 12.5. The molecule has 2 heterocycles. The number of aromatic nitrogens is 3. The number of carboxylic acid groups (broad SMARTS) is 1. The van der Waals surface area contributed by atoms with Gasteiger partial charge in [0.15, 0.2) is 0 Å². The third kappa shape index (κ3) is 2.42. The van der Waals surface area contributed by atoms with E-state index in [1.807, 2.05) is 6.07 Å². The number of ether oxygens (including phenoxy) is 1. The number of nitriles is 1. The molecule has 1 aromatic carbocycles. The predicted octanol–water partition coefficient (Wildman–Crippen LogP) is 1.55. The van der Waals surface area contributed by atoms with Crippen molar-refractivity contribution in [1.29, 1.82) is 5.26 Å². The maximum absolute atomic E-state index is 11.7. The molecule has 2 unspecified atom stereocenters. The smallest absolute Gasteiger partial charge is 0.337 e. The Kier molecular flexibility index (Phi) is 3.54. The lowest BCUT2D eigenvalue weighted by Gasteiger charge is -2.28. The lowest BCUT2D eigenvalue weighted by atomic mass is 9.88. The van der Waals surface area contributed by atoms with Crippen LogP contribution < -0.4 is 4.74 Å². The van der Waals surface area contributed by atoms with Crippen LogP contribution in [0.15, 0.2) is 29.3 Å². The summed E-state index contributed by atoms with van der Waals surface area (Å²) in [5, 5.41) is 22.7. The number of benzene rings is 1. The fraction of sp³-hybridized carbons (Fsp3) is 0.267. The summed E-state index contributed by atoms with van der Waals surface area (Å²) in [6.45, 7) is 1.65. The number of carboxylic acids is 1. The Morgan fingerprint density at radius 2 is 2.09 bits per heavy atom. The highest BCUT2D eigenvalue weighted by Gasteiger charge is 2.39. The van der Waals surface area contributed by atoms with Crippen LogP contribution in [0.4, 0.5) is 5.95 Å². The summed E-state index contributed by atoms with van der Waals surface area (Å²) in [7, 11) is 1.43. The van der Waals surface area contributed by atoms with Crippen molar-refractivity contribution < 1.29 is 14.6 Å². The molecule has 23 heavy (non-hydrogen) atoms. The highest BCUT2D eigenvalue weighted by atomic mass is 16.5. The van der Waals surface area contributed by atoms with Crippen LogP contribution in [0.3, 0.4) is 0 Å². The van der Waals surface area contributed by atoms with Crippen molar-refractivity contribution in [2.24, 2.45) is 10.9 Å². The third-order valence-electron chi connectivity index (χ3n) is 3.73. The van der Waals surface area contributed by atoms with Gasteiger partial charge in [0.05, 0.1) is 24.8 Å². The van der Waals surface area contributed by atoms with Crippen LogP contribution in [0, 0.1) is 17.2 Å². The molecule has 116 valence electrons. The number of aliphatic imine (C=N–C) groups is 1. The van der Waals surface area contributed by atoms with Gasteiger partial charge in [-0.05, 0) is 24.6 Å². The molecule has 3 rings (SSSR count). The molecular formula is C15H13N5O3. The van der Waals surface area contributed by atoms with Gasteiger partial charge >= 0.3 is 12.0 Å². The standard InChI is InChI=1S/C15H13N5O3/c1-8-11(13(21)22)12(10-5-3-9(7-16)4-6-10)20-14(17-8)18-15(19-20)23-2/h3-6,11-12H,1-2H3,(H,21,22). The van der Waals surface area contributed by atoms with E-state index in [9.17, 15) is 9.90 Å². The Morgan fingerprint density at radius 3 is 2.65 bits per heavy atom. The lowest BCUT2D eigenvalue weighted by molar-refractivity contribution is -0.140. The van der Waals surface area contributed by atoms with Gasteiger partial charge in [-0.1, -0.05) is 12.1 Å². The van der Waals surface area contributed by atoms with Crippen LogP contribution in [0.1, 0.15) is 24.1 Å². The van der Waals surface area contributed by atoms with Gasteiger partial charge in [0, 0.05) is 5.71 Å².